The van der Waals surface area contributed by atoms with Crippen molar-refractivity contribution >= 4 is 17.4 Å². The predicted octanol–water partition coefficient (Wildman–Crippen LogP) is 1.20. The summed E-state index contributed by atoms with van der Waals surface area (Å²) in [5.74, 6) is -1.61. The van der Waals surface area contributed by atoms with Crippen LogP contribution < -0.4 is 11.3 Å². The van der Waals surface area contributed by atoms with Gasteiger partial charge in [-0.1, -0.05) is 12.6 Å². The number of nitrogen functional groups attached to an aromatic ring is 1. The van der Waals surface area contributed by atoms with Gasteiger partial charge in [0.25, 0.3) is 5.56 Å². The number of benzene rings is 1. The van der Waals surface area contributed by atoms with Crippen molar-refractivity contribution in [3.05, 3.63) is 58.0 Å². The highest BCUT2D eigenvalue weighted by Gasteiger charge is 2.17. The van der Waals surface area contributed by atoms with Crippen molar-refractivity contribution in [2.45, 2.75) is 6.92 Å². The third-order valence-electron chi connectivity index (χ3n) is 2.91. The molecule has 21 heavy (non-hydrogen) atoms. The molecule has 7 heteroatoms. The van der Waals surface area contributed by atoms with Crippen LogP contribution in [0.5, 0.6) is 0 Å². The molecule has 0 spiro atoms. The molecule has 0 aliphatic carbocycles. The maximum absolute atomic E-state index is 12.0. The molecule has 4 N–H and O–H groups in total. The average Bonchev–Trinajstić information content (AvgIpc) is 2.80. The van der Waals surface area contributed by atoms with Gasteiger partial charge < -0.3 is 10.8 Å². The minimum absolute atomic E-state index is 0.0754. The van der Waals surface area contributed by atoms with E-state index in [0.29, 0.717) is 5.57 Å². The lowest BCUT2D eigenvalue weighted by Crippen LogP contribution is -2.17. The van der Waals surface area contributed by atoms with Gasteiger partial charge in [0, 0.05) is 11.6 Å². The number of ketones is 1. The molecule has 0 amide bonds. The first-order valence-corrected chi connectivity index (χ1v) is 5.97. The number of carboxylic acid groups (broad SMARTS) is 1. The van der Waals surface area contributed by atoms with Crippen molar-refractivity contribution in [2.75, 3.05) is 5.73 Å². The summed E-state index contributed by atoms with van der Waals surface area (Å²) in [5.41, 5.74) is 5.87. The number of Topliss-reactive ketones (excluding diaryl/α,β-unsaturated/α-hetero) is 1. The van der Waals surface area contributed by atoms with Crippen LogP contribution >= 0.6 is 0 Å². The number of H-pyrrole nitrogens is 1. The molecule has 108 valence electrons. The molecule has 0 bridgehead atoms. The summed E-state index contributed by atoms with van der Waals surface area (Å²) in [7, 11) is 0. The molecule has 1 aromatic heterocycles. The minimum Gasteiger partial charge on any atom is -0.477 e. The van der Waals surface area contributed by atoms with Gasteiger partial charge in [-0.15, -0.1) is 0 Å². The van der Waals surface area contributed by atoms with Gasteiger partial charge in [-0.2, -0.15) is 0 Å². The van der Waals surface area contributed by atoms with Crippen LogP contribution in [0.4, 0.5) is 5.69 Å². The van der Waals surface area contributed by atoms with Crippen molar-refractivity contribution in [3.63, 3.8) is 0 Å². The fourth-order valence-electron chi connectivity index (χ4n) is 1.86. The number of nitrogens with one attached hydrogen (secondary N) is 1. The van der Waals surface area contributed by atoms with Crippen LogP contribution in [-0.2, 0) is 0 Å². The van der Waals surface area contributed by atoms with E-state index < -0.39 is 11.5 Å². The number of carbonyl (C=O) groups excluding carboxylic acids is 1. The lowest BCUT2D eigenvalue weighted by Gasteiger charge is -2.10. The zero-order valence-electron chi connectivity index (χ0n) is 11.2. The number of carboxylic acids is 1. The summed E-state index contributed by atoms with van der Waals surface area (Å²) in [6.45, 7) is 5.11. The van der Waals surface area contributed by atoms with Crippen LogP contribution in [0.1, 0.15) is 27.8 Å². The number of nitrogens with zero attached hydrogens (tertiary/aromatic N) is 1. The van der Waals surface area contributed by atoms with E-state index in [1.54, 1.807) is 13.0 Å². The molecule has 2 rings (SSSR count). The number of rotatable bonds is 4. The highest BCUT2D eigenvalue weighted by molar-refractivity contribution is 6.12. The van der Waals surface area contributed by atoms with E-state index in [-0.39, 0.29) is 28.4 Å². The zero-order valence-corrected chi connectivity index (χ0v) is 11.2. The van der Waals surface area contributed by atoms with E-state index >= 15 is 0 Å². The van der Waals surface area contributed by atoms with E-state index in [9.17, 15) is 14.4 Å². The number of hydrogen-bond acceptors (Lipinski definition) is 4. The Balaban J connectivity index is 2.63. The Kier molecular flexibility index (Phi) is 3.49. The number of aromatic nitrogens is 2. The van der Waals surface area contributed by atoms with Gasteiger partial charge in [0.2, 0.25) is 0 Å². The summed E-state index contributed by atoms with van der Waals surface area (Å²) >= 11 is 0. The predicted molar refractivity (Wildman–Crippen MR) is 76.9 cm³/mol. The minimum atomic E-state index is -1.27. The Labute approximate surface area is 119 Å². The Hall–Kier alpha value is -3.09. The van der Waals surface area contributed by atoms with Gasteiger partial charge in [-0.05, 0) is 24.6 Å². The SMILES string of the molecule is C=C(C)C(=O)c1cccc(-n2[nH]c(C(=O)O)cc2=O)c1N. The van der Waals surface area contributed by atoms with Crippen LogP contribution in [0.2, 0.25) is 0 Å². The van der Waals surface area contributed by atoms with Crippen LogP contribution in [0, 0.1) is 0 Å². The molecule has 0 aliphatic rings. The molecule has 0 fully saturated rings. The highest BCUT2D eigenvalue weighted by Crippen LogP contribution is 2.22. The Morgan fingerprint density at radius 3 is 2.57 bits per heavy atom. The van der Waals surface area contributed by atoms with E-state index in [4.69, 9.17) is 10.8 Å². The first-order chi connectivity index (χ1) is 9.82. The average molecular weight is 287 g/mol. The lowest BCUT2D eigenvalue weighted by atomic mass is 10.0. The fraction of sp³-hybridized carbons (Fsp3) is 0.0714. The summed E-state index contributed by atoms with van der Waals surface area (Å²) in [5, 5.41) is 11.3. The van der Waals surface area contributed by atoms with Crippen molar-refractivity contribution in [1.29, 1.82) is 0 Å². The van der Waals surface area contributed by atoms with Crippen molar-refractivity contribution in [1.82, 2.24) is 9.78 Å². The van der Waals surface area contributed by atoms with Gasteiger partial charge in [0.15, 0.2) is 5.78 Å². The van der Waals surface area contributed by atoms with E-state index in [1.165, 1.54) is 12.1 Å². The molecule has 7 nitrogen and oxygen atoms in total. The van der Waals surface area contributed by atoms with Crippen LogP contribution in [0.25, 0.3) is 5.69 Å². The van der Waals surface area contributed by atoms with Gasteiger partial charge in [-0.25, -0.2) is 9.48 Å². The molecular weight excluding hydrogens is 274 g/mol. The lowest BCUT2D eigenvalue weighted by molar-refractivity contribution is 0.0689. The number of anilines is 1. The quantitative estimate of drug-likeness (QED) is 0.443. The molecule has 0 radical (unpaired) electrons. The molecule has 2 aromatic rings. The van der Waals surface area contributed by atoms with Gasteiger partial charge in [0.05, 0.1) is 11.4 Å². The molecule has 0 unspecified atom stereocenters. The number of allylic oxidation sites excluding steroid dienone is 1. The third-order valence-corrected chi connectivity index (χ3v) is 2.91. The molecule has 0 atom stereocenters. The topological polar surface area (TPSA) is 118 Å². The second kappa shape index (κ2) is 5.12. The van der Waals surface area contributed by atoms with Crippen LogP contribution in [0.15, 0.2) is 41.2 Å². The van der Waals surface area contributed by atoms with Gasteiger partial charge in [0.1, 0.15) is 5.69 Å². The largest absolute Gasteiger partial charge is 0.477 e. The van der Waals surface area contributed by atoms with Crippen LogP contribution in [0.3, 0.4) is 0 Å². The van der Waals surface area contributed by atoms with E-state index in [1.807, 2.05) is 0 Å². The number of aromatic carboxylic acids is 1. The van der Waals surface area contributed by atoms with Crippen molar-refractivity contribution in [3.8, 4) is 5.69 Å². The summed E-state index contributed by atoms with van der Waals surface area (Å²) in [6, 6.07) is 5.51. The molecule has 1 aromatic carbocycles. The normalized spacial score (nSPS) is 10.3. The first-order valence-electron chi connectivity index (χ1n) is 5.97. The smallest absolute Gasteiger partial charge is 0.353 e. The van der Waals surface area contributed by atoms with Crippen LogP contribution in [-0.4, -0.2) is 26.6 Å². The number of nitrogens with two attached hydrogens (primary N) is 1. The molecule has 0 saturated heterocycles. The van der Waals surface area contributed by atoms with E-state index in [2.05, 4.69) is 11.7 Å². The second-order valence-electron chi connectivity index (χ2n) is 4.50. The Morgan fingerprint density at radius 2 is 2.05 bits per heavy atom. The molecular formula is C14H13N3O4. The third kappa shape index (κ3) is 2.48. The zero-order chi connectivity index (χ0) is 15.7. The number of aromatic amines is 1. The standard InChI is InChI=1S/C14H13N3O4/c1-7(2)13(19)8-4-3-5-10(12(8)15)17-11(18)6-9(16-17)14(20)21/h3-6,16H,1,15H2,2H3,(H,20,21). The van der Waals surface area contributed by atoms with E-state index in [0.717, 1.165) is 10.7 Å². The fourth-order valence-corrected chi connectivity index (χ4v) is 1.86. The Bertz CT molecular complexity index is 814. The summed E-state index contributed by atoms with van der Waals surface area (Å²) in [4.78, 5) is 34.7. The van der Waals surface area contributed by atoms with Gasteiger partial charge >= 0.3 is 5.97 Å². The number of para-hydroxylation sites is 1. The summed E-state index contributed by atoms with van der Waals surface area (Å²) < 4.78 is 0.980. The van der Waals surface area contributed by atoms with Crippen molar-refractivity contribution < 1.29 is 14.7 Å². The molecule has 0 aliphatic heterocycles. The molecule has 1 heterocycles. The molecule has 0 saturated carbocycles. The number of carbonyl (C=O) groups is 2. The Morgan fingerprint density at radius 1 is 1.38 bits per heavy atom. The first kappa shape index (κ1) is 14.3. The maximum atomic E-state index is 12.0. The highest BCUT2D eigenvalue weighted by atomic mass is 16.4. The second-order valence-corrected chi connectivity index (χ2v) is 4.50. The number of hydrogen-bond donors (Lipinski definition) is 3. The monoisotopic (exact) mass is 287 g/mol. The van der Waals surface area contributed by atoms with Gasteiger partial charge in [-0.3, -0.25) is 14.7 Å². The van der Waals surface area contributed by atoms with Crippen molar-refractivity contribution in [2.24, 2.45) is 0 Å². The summed E-state index contributed by atoms with van der Waals surface area (Å²) in [6.07, 6.45) is 0. The maximum Gasteiger partial charge on any atom is 0.353 e.